The van der Waals surface area contributed by atoms with Crippen molar-refractivity contribution in [2.75, 3.05) is 0 Å². The summed E-state index contributed by atoms with van der Waals surface area (Å²) in [6.45, 7) is 16.6. The van der Waals surface area contributed by atoms with Crippen LogP contribution in [0.1, 0.15) is 98.1 Å². The number of carbonyl (C=O) groups excluding carboxylic acids is 1. The highest BCUT2D eigenvalue weighted by molar-refractivity contribution is 6.02. The van der Waals surface area contributed by atoms with E-state index in [4.69, 9.17) is 5.73 Å². The van der Waals surface area contributed by atoms with Crippen molar-refractivity contribution in [3.63, 3.8) is 0 Å². The van der Waals surface area contributed by atoms with E-state index in [2.05, 4.69) is 94.2 Å². The second kappa shape index (κ2) is 17.0. The van der Waals surface area contributed by atoms with Crippen molar-refractivity contribution in [1.29, 1.82) is 0 Å². The van der Waals surface area contributed by atoms with Gasteiger partial charge >= 0.3 is 0 Å². The summed E-state index contributed by atoms with van der Waals surface area (Å²) < 4.78 is 0. The number of rotatable bonds is 7. The van der Waals surface area contributed by atoms with Crippen LogP contribution < -0.4 is 5.73 Å². The fraction of sp³-hybridized carbons (Fsp3) is 0.364. The Kier molecular flexibility index (Phi) is 14.5. The van der Waals surface area contributed by atoms with Crippen LogP contribution in [0.2, 0.25) is 0 Å². The van der Waals surface area contributed by atoms with Gasteiger partial charge in [0.2, 0.25) is 5.91 Å². The molecule has 2 N–H and O–H groups in total. The summed E-state index contributed by atoms with van der Waals surface area (Å²) in [6, 6.07) is 22.3. The molecule has 37 heavy (non-hydrogen) atoms. The number of amides is 1. The maximum Gasteiger partial charge on any atom is 0.248 e. The third kappa shape index (κ3) is 11.4. The minimum atomic E-state index is -0.437. The molecule has 0 radical (unpaired) electrons. The zero-order valence-electron chi connectivity index (χ0n) is 24.1. The van der Waals surface area contributed by atoms with Crippen molar-refractivity contribution in [3.05, 3.63) is 106 Å². The van der Waals surface area contributed by atoms with Gasteiger partial charge in [0.25, 0.3) is 0 Å². The quantitative estimate of drug-likeness (QED) is 0.258. The number of benzene rings is 3. The van der Waals surface area contributed by atoms with Gasteiger partial charge in [-0.1, -0.05) is 94.6 Å². The van der Waals surface area contributed by atoms with Crippen LogP contribution in [-0.4, -0.2) is 17.3 Å². The molecule has 0 atom stereocenters. The Labute approximate surface area is 224 Å². The van der Waals surface area contributed by atoms with Crippen molar-refractivity contribution in [2.24, 2.45) is 15.9 Å². The SMILES string of the molecule is C/C(=N\N=C(/C)c1ccc(CCc2ccc(C)cc2)c(C)c1)c1ccc(C(N)=O)cc1.CCC.CCC. The van der Waals surface area contributed by atoms with Crippen LogP contribution in [0.5, 0.6) is 0 Å². The van der Waals surface area contributed by atoms with Crippen molar-refractivity contribution in [3.8, 4) is 0 Å². The lowest BCUT2D eigenvalue weighted by molar-refractivity contribution is 0.100. The van der Waals surface area contributed by atoms with Crippen LogP contribution >= 0.6 is 0 Å². The van der Waals surface area contributed by atoms with Gasteiger partial charge in [-0.05, 0) is 86.6 Å². The van der Waals surface area contributed by atoms with E-state index in [1.165, 1.54) is 35.1 Å². The molecular formula is C33H45N3O. The number of primary amides is 1. The van der Waals surface area contributed by atoms with Gasteiger partial charge in [-0.3, -0.25) is 4.79 Å². The summed E-state index contributed by atoms with van der Waals surface area (Å²) in [7, 11) is 0. The fourth-order valence-electron chi connectivity index (χ4n) is 3.38. The molecule has 0 aliphatic rings. The summed E-state index contributed by atoms with van der Waals surface area (Å²) in [6.07, 6.45) is 4.55. The Balaban J connectivity index is 0.00000104. The molecule has 198 valence electrons. The van der Waals surface area contributed by atoms with E-state index < -0.39 is 5.91 Å². The Hall–Kier alpha value is -3.53. The first kappa shape index (κ1) is 31.5. The number of hydrogen-bond acceptors (Lipinski definition) is 3. The van der Waals surface area contributed by atoms with E-state index in [0.29, 0.717) is 5.56 Å². The van der Waals surface area contributed by atoms with Gasteiger partial charge in [-0.25, -0.2) is 0 Å². The van der Waals surface area contributed by atoms with Gasteiger partial charge < -0.3 is 5.73 Å². The van der Waals surface area contributed by atoms with Crippen LogP contribution in [0.15, 0.2) is 76.9 Å². The molecule has 0 spiro atoms. The molecule has 0 aliphatic heterocycles. The average molecular weight is 500 g/mol. The van der Waals surface area contributed by atoms with E-state index in [9.17, 15) is 4.79 Å². The Morgan fingerprint density at radius 3 is 1.62 bits per heavy atom. The molecule has 0 aliphatic carbocycles. The minimum absolute atomic E-state index is 0.437. The molecule has 3 aromatic carbocycles. The molecule has 0 bridgehead atoms. The number of nitrogens with two attached hydrogens (primary N) is 1. The third-order valence-electron chi connectivity index (χ3n) is 5.50. The highest BCUT2D eigenvalue weighted by atomic mass is 16.1. The molecule has 4 heteroatoms. The highest BCUT2D eigenvalue weighted by Gasteiger charge is 2.05. The molecule has 4 nitrogen and oxygen atoms in total. The summed E-state index contributed by atoms with van der Waals surface area (Å²) in [5.41, 5.74) is 14.7. The molecule has 0 heterocycles. The summed E-state index contributed by atoms with van der Waals surface area (Å²) in [5.74, 6) is -0.437. The molecule has 0 unspecified atom stereocenters. The van der Waals surface area contributed by atoms with Crippen molar-refractivity contribution < 1.29 is 4.79 Å². The van der Waals surface area contributed by atoms with Gasteiger partial charge in [-0.2, -0.15) is 10.2 Å². The van der Waals surface area contributed by atoms with Crippen LogP contribution in [0.4, 0.5) is 0 Å². The zero-order chi connectivity index (χ0) is 27.8. The predicted octanol–water partition coefficient (Wildman–Crippen LogP) is 8.25. The lowest BCUT2D eigenvalue weighted by Gasteiger charge is -2.09. The normalized spacial score (nSPS) is 11.1. The number of aryl methyl sites for hydroxylation is 4. The first-order valence-corrected chi connectivity index (χ1v) is 13.3. The number of carbonyl (C=O) groups is 1. The van der Waals surface area contributed by atoms with Gasteiger partial charge in [0.15, 0.2) is 0 Å². The zero-order valence-corrected chi connectivity index (χ0v) is 24.1. The lowest BCUT2D eigenvalue weighted by atomic mass is 9.97. The van der Waals surface area contributed by atoms with Gasteiger partial charge in [-0.15, -0.1) is 0 Å². The number of hydrogen-bond donors (Lipinski definition) is 1. The van der Waals surface area contributed by atoms with Crippen molar-refractivity contribution in [1.82, 2.24) is 0 Å². The lowest BCUT2D eigenvalue weighted by Crippen LogP contribution is -2.10. The molecule has 0 aromatic heterocycles. The molecule has 0 saturated heterocycles. The standard InChI is InChI=1S/C27H29N3O.2C3H8/c1-18-5-7-22(8-6-18)9-10-23-11-16-26(17-19(23)2)21(4)30-29-20(3)24-12-14-25(15-13-24)27(28)31;2*1-3-2/h5-8,11-17H,9-10H2,1-4H3,(H2,28,31);2*3H2,1-2H3/b29-20+,30-21+;;. The monoisotopic (exact) mass is 499 g/mol. The largest absolute Gasteiger partial charge is 0.366 e. The maximum atomic E-state index is 11.2. The van der Waals surface area contributed by atoms with Gasteiger partial charge in [0, 0.05) is 5.56 Å². The molecule has 1 amide bonds. The van der Waals surface area contributed by atoms with Crippen molar-refractivity contribution in [2.45, 2.75) is 81.1 Å². The van der Waals surface area contributed by atoms with Crippen LogP contribution in [0.3, 0.4) is 0 Å². The van der Waals surface area contributed by atoms with E-state index >= 15 is 0 Å². The van der Waals surface area contributed by atoms with Crippen LogP contribution in [0, 0.1) is 13.8 Å². The smallest absolute Gasteiger partial charge is 0.248 e. The molecule has 0 fully saturated rings. The second-order valence-corrected chi connectivity index (χ2v) is 9.35. The van der Waals surface area contributed by atoms with E-state index in [1.807, 2.05) is 26.0 Å². The molecule has 3 aromatic rings. The van der Waals surface area contributed by atoms with Crippen LogP contribution in [-0.2, 0) is 12.8 Å². The van der Waals surface area contributed by atoms with Gasteiger partial charge in [0.05, 0.1) is 11.4 Å². The summed E-state index contributed by atoms with van der Waals surface area (Å²) in [5, 5.41) is 8.78. The Morgan fingerprint density at radius 2 is 1.14 bits per heavy atom. The summed E-state index contributed by atoms with van der Waals surface area (Å²) >= 11 is 0. The van der Waals surface area contributed by atoms with E-state index in [-0.39, 0.29) is 0 Å². The van der Waals surface area contributed by atoms with Gasteiger partial charge in [0.1, 0.15) is 0 Å². The fourth-order valence-corrected chi connectivity index (χ4v) is 3.38. The predicted molar refractivity (Wildman–Crippen MR) is 161 cm³/mol. The molecule has 0 saturated carbocycles. The first-order chi connectivity index (χ1) is 17.7. The summed E-state index contributed by atoms with van der Waals surface area (Å²) in [4.78, 5) is 11.2. The second-order valence-electron chi connectivity index (χ2n) is 9.35. The minimum Gasteiger partial charge on any atom is -0.366 e. The first-order valence-electron chi connectivity index (χ1n) is 13.3. The van der Waals surface area contributed by atoms with Crippen LogP contribution in [0.25, 0.3) is 0 Å². The maximum absolute atomic E-state index is 11.2. The Bertz CT molecular complexity index is 1160. The molecule has 3 rings (SSSR count). The topological polar surface area (TPSA) is 67.8 Å². The van der Waals surface area contributed by atoms with E-state index in [0.717, 1.165) is 35.4 Å². The van der Waals surface area contributed by atoms with Crippen molar-refractivity contribution >= 4 is 17.3 Å². The third-order valence-corrected chi connectivity index (χ3v) is 5.50. The average Bonchev–Trinajstić information content (AvgIpc) is 2.88. The molecular weight excluding hydrogens is 454 g/mol. The van der Waals surface area contributed by atoms with E-state index in [1.54, 1.807) is 12.1 Å². The highest BCUT2D eigenvalue weighted by Crippen LogP contribution is 2.16. The number of nitrogens with zero attached hydrogens (tertiary/aromatic N) is 2. The Morgan fingerprint density at radius 1 is 0.676 bits per heavy atom.